The maximum atomic E-state index is 13.5. The van der Waals surface area contributed by atoms with Crippen LogP contribution in [0.25, 0.3) is 16.9 Å². The number of thiophene rings is 1. The molecule has 0 unspecified atom stereocenters. The number of hydrogen-bond acceptors (Lipinski definition) is 6. The number of carbonyl (C=O) groups excluding carboxylic acids is 2. The van der Waals surface area contributed by atoms with Gasteiger partial charge in [-0.15, -0.1) is 11.3 Å². The molecule has 8 nitrogen and oxygen atoms in total. The summed E-state index contributed by atoms with van der Waals surface area (Å²) in [4.78, 5) is 32.5. The highest BCUT2D eigenvalue weighted by molar-refractivity contribution is 7.12. The molecular formula is C26H25FN4O4S. The average molecular weight is 509 g/mol. The summed E-state index contributed by atoms with van der Waals surface area (Å²) in [7, 11) is 3.12. The Kier molecular flexibility index (Phi) is 8.09. The molecule has 0 aliphatic rings. The van der Waals surface area contributed by atoms with E-state index in [9.17, 15) is 14.0 Å². The zero-order valence-electron chi connectivity index (χ0n) is 19.8. The fraction of sp³-hybridized carbons (Fsp3) is 0.192. The van der Waals surface area contributed by atoms with E-state index in [1.807, 2.05) is 29.6 Å². The van der Waals surface area contributed by atoms with E-state index >= 15 is 0 Å². The van der Waals surface area contributed by atoms with Crippen molar-refractivity contribution >= 4 is 29.1 Å². The minimum Gasteiger partial charge on any atom is -0.497 e. The molecule has 36 heavy (non-hydrogen) atoms. The molecule has 186 valence electrons. The second-order valence-corrected chi connectivity index (χ2v) is 8.72. The molecular weight excluding hydrogens is 483 g/mol. The molecule has 10 heteroatoms. The van der Waals surface area contributed by atoms with Crippen LogP contribution in [0, 0.1) is 5.82 Å². The molecule has 2 aromatic heterocycles. The molecule has 2 amide bonds. The number of benzene rings is 2. The molecule has 0 fully saturated rings. The van der Waals surface area contributed by atoms with Crippen molar-refractivity contribution in [3.8, 4) is 22.7 Å². The Morgan fingerprint density at radius 2 is 1.83 bits per heavy atom. The molecule has 4 rings (SSSR count). The maximum Gasteiger partial charge on any atom is 0.264 e. The van der Waals surface area contributed by atoms with Crippen molar-refractivity contribution in [1.82, 2.24) is 14.5 Å². The fourth-order valence-electron chi connectivity index (χ4n) is 3.52. The van der Waals surface area contributed by atoms with Crippen molar-refractivity contribution in [2.45, 2.75) is 0 Å². The zero-order chi connectivity index (χ0) is 25.5. The van der Waals surface area contributed by atoms with Crippen LogP contribution in [0.15, 0.2) is 72.2 Å². The molecule has 0 spiro atoms. The minimum atomic E-state index is -0.425. The highest BCUT2D eigenvalue weighted by Crippen LogP contribution is 2.26. The van der Waals surface area contributed by atoms with Crippen LogP contribution in [-0.2, 0) is 9.53 Å². The van der Waals surface area contributed by atoms with Gasteiger partial charge in [-0.1, -0.05) is 6.07 Å². The first-order valence-corrected chi connectivity index (χ1v) is 12.0. The van der Waals surface area contributed by atoms with E-state index in [2.05, 4.69) is 10.3 Å². The van der Waals surface area contributed by atoms with E-state index in [1.165, 1.54) is 35.5 Å². The Morgan fingerprint density at radius 3 is 2.47 bits per heavy atom. The largest absolute Gasteiger partial charge is 0.497 e. The number of hydrogen-bond donors (Lipinski definition) is 1. The lowest BCUT2D eigenvalue weighted by Crippen LogP contribution is -2.40. The number of nitrogens with one attached hydrogen (secondary N) is 1. The predicted octanol–water partition coefficient (Wildman–Crippen LogP) is 4.48. The third-order valence-electron chi connectivity index (χ3n) is 5.37. The lowest BCUT2D eigenvalue weighted by atomic mass is 10.1. The van der Waals surface area contributed by atoms with Crippen LogP contribution in [-0.4, -0.2) is 60.2 Å². The van der Waals surface area contributed by atoms with Gasteiger partial charge in [-0.2, -0.15) is 0 Å². The van der Waals surface area contributed by atoms with Gasteiger partial charge in [0.05, 0.1) is 24.3 Å². The van der Waals surface area contributed by atoms with Gasteiger partial charge in [0.25, 0.3) is 5.91 Å². The number of methoxy groups -OCH3 is 2. The molecule has 0 aliphatic heterocycles. The summed E-state index contributed by atoms with van der Waals surface area (Å²) in [6, 6.07) is 16.7. The Hall–Kier alpha value is -4.02. The normalized spacial score (nSPS) is 10.8. The van der Waals surface area contributed by atoms with Crippen molar-refractivity contribution < 1.29 is 23.5 Å². The van der Waals surface area contributed by atoms with Crippen LogP contribution < -0.4 is 10.1 Å². The van der Waals surface area contributed by atoms with E-state index in [0.717, 1.165) is 5.56 Å². The topological polar surface area (TPSA) is 85.7 Å². The van der Waals surface area contributed by atoms with Crippen molar-refractivity contribution in [2.24, 2.45) is 0 Å². The summed E-state index contributed by atoms with van der Waals surface area (Å²) < 4.78 is 25.5. The fourth-order valence-corrected chi connectivity index (χ4v) is 4.21. The maximum absolute atomic E-state index is 13.5. The molecule has 1 N–H and O–H groups in total. The smallest absolute Gasteiger partial charge is 0.264 e. The first-order valence-electron chi connectivity index (χ1n) is 11.1. The SMILES string of the molecule is COCCN(CC(=O)Nc1nc(-c2ccc(OC)cc2)cn1-c1ccc(F)cc1)C(=O)c1cccs1. The van der Waals surface area contributed by atoms with Gasteiger partial charge in [0.1, 0.15) is 18.1 Å². The number of halogens is 1. The van der Waals surface area contributed by atoms with E-state index in [-0.39, 0.29) is 37.4 Å². The number of imidazole rings is 1. The summed E-state index contributed by atoms with van der Waals surface area (Å²) in [5.41, 5.74) is 2.02. The number of ether oxygens (including phenoxy) is 2. The van der Waals surface area contributed by atoms with Gasteiger partial charge in [-0.25, -0.2) is 9.37 Å². The molecule has 0 atom stereocenters. The van der Waals surface area contributed by atoms with Crippen LogP contribution in [0.2, 0.25) is 0 Å². The minimum absolute atomic E-state index is 0.186. The van der Waals surface area contributed by atoms with Gasteiger partial charge < -0.3 is 14.4 Å². The van der Waals surface area contributed by atoms with Crippen LogP contribution in [0.4, 0.5) is 10.3 Å². The molecule has 2 aromatic carbocycles. The summed E-state index contributed by atoms with van der Waals surface area (Å²) in [5, 5.41) is 4.61. The molecule has 0 saturated heterocycles. The van der Waals surface area contributed by atoms with Gasteiger partial charge in [-0.05, 0) is 60.0 Å². The molecule has 0 aliphatic carbocycles. The van der Waals surface area contributed by atoms with Gasteiger partial charge >= 0.3 is 0 Å². The standard InChI is InChI=1S/C26H25FN4O4S/c1-34-14-13-30(25(33)23-4-3-15-36-23)17-24(32)29-26-28-22(18-5-11-21(35-2)12-6-18)16-31(26)20-9-7-19(27)8-10-20/h3-12,15-16H,13-14,17H2,1-2H3,(H,28,29,32). The molecule has 0 bridgehead atoms. The number of amides is 2. The highest BCUT2D eigenvalue weighted by atomic mass is 32.1. The Labute approximate surface area is 211 Å². The number of aromatic nitrogens is 2. The highest BCUT2D eigenvalue weighted by Gasteiger charge is 2.21. The Bertz CT molecular complexity index is 1300. The average Bonchev–Trinajstić information content (AvgIpc) is 3.57. The van der Waals surface area contributed by atoms with E-state index in [4.69, 9.17) is 9.47 Å². The summed E-state index contributed by atoms with van der Waals surface area (Å²) in [6.07, 6.45) is 1.75. The second-order valence-electron chi connectivity index (χ2n) is 7.77. The van der Waals surface area contributed by atoms with Crippen LogP contribution in [0.3, 0.4) is 0 Å². The van der Waals surface area contributed by atoms with Gasteiger partial charge in [0.2, 0.25) is 11.9 Å². The van der Waals surface area contributed by atoms with Crippen LogP contribution in [0.5, 0.6) is 5.75 Å². The Morgan fingerprint density at radius 1 is 1.08 bits per heavy atom. The summed E-state index contributed by atoms with van der Waals surface area (Å²) >= 11 is 1.31. The molecule has 0 saturated carbocycles. The molecule has 2 heterocycles. The lowest BCUT2D eigenvalue weighted by Gasteiger charge is -2.21. The van der Waals surface area contributed by atoms with E-state index in [0.29, 0.717) is 22.0 Å². The number of anilines is 1. The zero-order valence-corrected chi connectivity index (χ0v) is 20.6. The lowest BCUT2D eigenvalue weighted by molar-refractivity contribution is -0.117. The first kappa shape index (κ1) is 25.1. The van der Waals surface area contributed by atoms with Crippen LogP contribution >= 0.6 is 11.3 Å². The monoisotopic (exact) mass is 508 g/mol. The molecule has 4 aromatic rings. The summed E-state index contributed by atoms with van der Waals surface area (Å²) in [5.74, 6) is -0.102. The number of nitrogens with zero attached hydrogens (tertiary/aromatic N) is 3. The number of carbonyl (C=O) groups is 2. The van der Waals surface area contributed by atoms with Gasteiger partial charge in [0.15, 0.2) is 0 Å². The van der Waals surface area contributed by atoms with Crippen molar-refractivity contribution in [3.05, 3.63) is 82.9 Å². The third-order valence-corrected chi connectivity index (χ3v) is 6.22. The van der Waals surface area contributed by atoms with E-state index < -0.39 is 5.91 Å². The second kappa shape index (κ2) is 11.6. The van der Waals surface area contributed by atoms with Crippen molar-refractivity contribution in [1.29, 1.82) is 0 Å². The summed E-state index contributed by atoms with van der Waals surface area (Å²) in [6.45, 7) is 0.356. The van der Waals surface area contributed by atoms with Crippen molar-refractivity contribution in [3.63, 3.8) is 0 Å². The van der Waals surface area contributed by atoms with Crippen molar-refractivity contribution in [2.75, 3.05) is 39.2 Å². The number of rotatable bonds is 10. The quantitative estimate of drug-likeness (QED) is 0.342. The molecule has 0 radical (unpaired) electrons. The van der Waals surface area contributed by atoms with Gasteiger partial charge in [0, 0.05) is 31.1 Å². The third kappa shape index (κ3) is 5.96. The van der Waals surface area contributed by atoms with E-state index in [1.54, 1.807) is 42.1 Å². The first-order chi connectivity index (χ1) is 17.5. The van der Waals surface area contributed by atoms with Gasteiger partial charge in [-0.3, -0.25) is 19.5 Å². The van der Waals surface area contributed by atoms with Crippen LogP contribution in [0.1, 0.15) is 9.67 Å². The predicted molar refractivity (Wildman–Crippen MR) is 136 cm³/mol. The Balaban J connectivity index is 1.60.